The summed E-state index contributed by atoms with van der Waals surface area (Å²) in [7, 11) is 1.60. The van der Waals surface area contributed by atoms with Crippen LogP contribution in [0, 0.1) is 13.8 Å². The van der Waals surface area contributed by atoms with Gasteiger partial charge in [0.1, 0.15) is 12.0 Å². The van der Waals surface area contributed by atoms with Gasteiger partial charge in [0.25, 0.3) is 5.91 Å². The number of hydrogen-bond acceptors (Lipinski definition) is 5. The number of carbonyl (C=O) groups is 2. The first-order chi connectivity index (χ1) is 12.0. The fourth-order valence-corrected chi connectivity index (χ4v) is 3.34. The number of rotatable bonds is 3. The highest BCUT2D eigenvalue weighted by atomic mass is 16.2. The number of piperidine rings is 1. The van der Waals surface area contributed by atoms with Gasteiger partial charge in [-0.3, -0.25) is 14.3 Å². The van der Waals surface area contributed by atoms with E-state index in [-0.39, 0.29) is 18.4 Å². The molecule has 1 atom stereocenters. The van der Waals surface area contributed by atoms with Crippen LogP contribution in [0.5, 0.6) is 0 Å². The highest BCUT2D eigenvalue weighted by Crippen LogP contribution is 2.29. The van der Waals surface area contributed by atoms with E-state index in [1.807, 2.05) is 13.8 Å². The standard InChI is InChI=1S/C17H22N6O2/c1-12-13(2)19-11-20-14(12)15(24)22-8-4-6-17(10-22,16(25)18-3)23-9-5-7-21-23/h5,7,9,11H,4,6,8,10H2,1-3H3,(H,18,25). The number of aromatic nitrogens is 4. The molecule has 2 aromatic rings. The molecule has 0 saturated carbocycles. The molecular weight excluding hydrogens is 320 g/mol. The summed E-state index contributed by atoms with van der Waals surface area (Å²) in [6.07, 6.45) is 6.15. The maximum atomic E-state index is 13.0. The summed E-state index contributed by atoms with van der Waals surface area (Å²) in [4.78, 5) is 35.7. The quantitative estimate of drug-likeness (QED) is 0.885. The molecule has 2 aromatic heterocycles. The zero-order valence-corrected chi connectivity index (χ0v) is 14.7. The summed E-state index contributed by atoms with van der Waals surface area (Å²) < 4.78 is 1.66. The Bertz CT molecular complexity index is 788. The zero-order chi connectivity index (χ0) is 18.0. The van der Waals surface area contributed by atoms with E-state index >= 15 is 0 Å². The second kappa shape index (κ2) is 6.62. The van der Waals surface area contributed by atoms with Gasteiger partial charge >= 0.3 is 0 Å². The number of hydrogen-bond donors (Lipinski definition) is 1. The second-order valence-electron chi connectivity index (χ2n) is 6.32. The molecule has 8 nitrogen and oxygen atoms in total. The molecule has 2 amide bonds. The van der Waals surface area contributed by atoms with Crippen molar-refractivity contribution < 1.29 is 9.59 Å². The van der Waals surface area contributed by atoms with Crippen LogP contribution < -0.4 is 5.32 Å². The van der Waals surface area contributed by atoms with Crippen molar-refractivity contribution in [1.82, 2.24) is 30.0 Å². The Morgan fingerprint density at radius 1 is 1.28 bits per heavy atom. The van der Waals surface area contributed by atoms with Crippen molar-refractivity contribution in [3.63, 3.8) is 0 Å². The van der Waals surface area contributed by atoms with E-state index in [0.717, 1.165) is 11.3 Å². The average molecular weight is 342 g/mol. The predicted molar refractivity (Wildman–Crippen MR) is 90.9 cm³/mol. The summed E-state index contributed by atoms with van der Waals surface area (Å²) in [6.45, 7) is 4.53. The molecule has 1 aliphatic rings. The third kappa shape index (κ3) is 2.88. The van der Waals surface area contributed by atoms with Gasteiger partial charge in [0.15, 0.2) is 5.54 Å². The van der Waals surface area contributed by atoms with Crippen molar-refractivity contribution in [2.24, 2.45) is 0 Å². The smallest absolute Gasteiger partial charge is 0.272 e. The summed E-state index contributed by atoms with van der Waals surface area (Å²) in [5.41, 5.74) is 1.03. The third-order valence-electron chi connectivity index (χ3n) is 4.89. The normalized spacial score (nSPS) is 20.4. The molecule has 132 valence electrons. The number of likely N-dealkylation sites (tertiary alicyclic amines) is 1. The minimum atomic E-state index is -0.901. The van der Waals surface area contributed by atoms with Crippen LogP contribution in [0.1, 0.15) is 34.6 Å². The van der Waals surface area contributed by atoms with Crippen LogP contribution in [-0.4, -0.2) is 56.6 Å². The number of aryl methyl sites for hydroxylation is 1. The van der Waals surface area contributed by atoms with Gasteiger partial charge in [-0.2, -0.15) is 5.10 Å². The van der Waals surface area contributed by atoms with Crippen LogP contribution in [0.25, 0.3) is 0 Å². The monoisotopic (exact) mass is 342 g/mol. The lowest BCUT2D eigenvalue weighted by molar-refractivity contribution is -0.132. The lowest BCUT2D eigenvalue weighted by atomic mass is 9.87. The summed E-state index contributed by atoms with van der Waals surface area (Å²) in [5.74, 6) is -0.326. The molecule has 25 heavy (non-hydrogen) atoms. The van der Waals surface area contributed by atoms with E-state index in [0.29, 0.717) is 25.1 Å². The van der Waals surface area contributed by atoms with Gasteiger partial charge in [-0.15, -0.1) is 0 Å². The first kappa shape index (κ1) is 17.1. The highest BCUT2D eigenvalue weighted by Gasteiger charge is 2.45. The fraction of sp³-hybridized carbons (Fsp3) is 0.471. The number of amides is 2. The molecule has 8 heteroatoms. The van der Waals surface area contributed by atoms with Crippen molar-refractivity contribution in [3.05, 3.63) is 41.7 Å². The van der Waals surface area contributed by atoms with E-state index in [9.17, 15) is 9.59 Å². The van der Waals surface area contributed by atoms with E-state index in [1.54, 1.807) is 35.1 Å². The second-order valence-corrected chi connectivity index (χ2v) is 6.32. The lowest BCUT2D eigenvalue weighted by Crippen LogP contribution is -2.59. The molecule has 0 aliphatic carbocycles. The molecule has 1 N–H and O–H groups in total. The van der Waals surface area contributed by atoms with Gasteiger partial charge < -0.3 is 10.2 Å². The number of carbonyl (C=O) groups excluding carboxylic acids is 2. The molecule has 1 aliphatic heterocycles. The number of likely N-dealkylation sites (N-methyl/N-ethyl adjacent to an activating group) is 1. The number of nitrogens with one attached hydrogen (secondary N) is 1. The van der Waals surface area contributed by atoms with Gasteiger partial charge in [0.2, 0.25) is 5.91 Å². The highest BCUT2D eigenvalue weighted by molar-refractivity contribution is 5.95. The number of nitrogens with zero attached hydrogens (tertiary/aromatic N) is 5. The Morgan fingerprint density at radius 2 is 2.08 bits per heavy atom. The van der Waals surface area contributed by atoms with Crippen LogP contribution in [0.2, 0.25) is 0 Å². The van der Waals surface area contributed by atoms with Crippen molar-refractivity contribution >= 4 is 11.8 Å². The van der Waals surface area contributed by atoms with Gasteiger partial charge in [0, 0.05) is 37.2 Å². The molecule has 0 radical (unpaired) electrons. The molecule has 3 heterocycles. The Labute approximate surface area is 146 Å². The minimum Gasteiger partial charge on any atom is -0.357 e. The molecule has 1 unspecified atom stereocenters. The summed E-state index contributed by atoms with van der Waals surface area (Å²) in [6, 6.07) is 1.78. The van der Waals surface area contributed by atoms with Crippen LogP contribution in [0.3, 0.4) is 0 Å². The van der Waals surface area contributed by atoms with E-state index < -0.39 is 5.54 Å². The van der Waals surface area contributed by atoms with Gasteiger partial charge in [-0.1, -0.05) is 0 Å². The Morgan fingerprint density at radius 3 is 2.76 bits per heavy atom. The predicted octanol–water partition coefficient (Wildman–Crippen LogP) is 0.667. The Balaban J connectivity index is 1.95. The van der Waals surface area contributed by atoms with Crippen molar-refractivity contribution in [3.8, 4) is 0 Å². The molecule has 0 spiro atoms. The molecule has 0 bridgehead atoms. The van der Waals surface area contributed by atoms with Crippen molar-refractivity contribution in [2.45, 2.75) is 32.2 Å². The molecule has 0 aromatic carbocycles. The van der Waals surface area contributed by atoms with Crippen LogP contribution in [0.15, 0.2) is 24.8 Å². The van der Waals surface area contributed by atoms with E-state index in [2.05, 4.69) is 20.4 Å². The molecule has 1 saturated heterocycles. The Hall–Kier alpha value is -2.77. The summed E-state index contributed by atoms with van der Waals surface area (Å²) >= 11 is 0. The molecule has 3 rings (SSSR count). The topological polar surface area (TPSA) is 93.0 Å². The molecular formula is C17H22N6O2. The maximum absolute atomic E-state index is 13.0. The largest absolute Gasteiger partial charge is 0.357 e. The third-order valence-corrected chi connectivity index (χ3v) is 4.89. The maximum Gasteiger partial charge on any atom is 0.272 e. The first-order valence-electron chi connectivity index (χ1n) is 8.29. The summed E-state index contributed by atoms with van der Waals surface area (Å²) in [5, 5.41) is 6.99. The lowest BCUT2D eigenvalue weighted by Gasteiger charge is -2.41. The van der Waals surface area contributed by atoms with E-state index in [1.165, 1.54) is 6.33 Å². The molecule has 1 fully saturated rings. The average Bonchev–Trinajstić information content (AvgIpc) is 3.18. The van der Waals surface area contributed by atoms with Gasteiger partial charge in [-0.25, -0.2) is 9.97 Å². The van der Waals surface area contributed by atoms with E-state index in [4.69, 9.17) is 0 Å². The van der Waals surface area contributed by atoms with Gasteiger partial charge in [0.05, 0.1) is 6.54 Å². The van der Waals surface area contributed by atoms with Crippen molar-refractivity contribution in [1.29, 1.82) is 0 Å². The minimum absolute atomic E-state index is 0.149. The van der Waals surface area contributed by atoms with Crippen LogP contribution >= 0.6 is 0 Å². The fourth-order valence-electron chi connectivity index (χ4n) is 3.34. The SMILES string of the molecule is CNC(=O)C1(n2cccn2)CCCN(C(=O)c2ncnc(C)c2C)C1. The zero-order valence-electron chi connectivity index (χ0n) is 14.7. The van der Waals surface area contributed by atoms with Crippen LogP contribution in [0.4, 0.5) is 0 Å². The van der Waals surface area contributed by atoms with Crippen molar-refractivity contribution in [2.75, 3.05) is 20.1 Å². The Kier molecular flexibility index (Phi) is 4.52. The van der Waals surface area contributed by atoms with Crippen LogP contribution in [-0.2, 0) is 10.3 Å². The van der Waals surface area contributed by atoms with Gasteiger partial charge in [-0.05, 0) is 32.8 Å². The first-order valence-corrected chi connectivity index (χ1v) is 8.29.